The number of ether oxygens (including phenoxy) is 1. The van der Waals surface area contributed by atoms with Crippen LogP contribution in [0.5, 0.6) is 0 Å². The van der Waals surface area contributed by atoms with E-state index in [0.717, 1.165) is 26.3 Å². The predicted molar refractivity (Wildman–Crippen MR) is 65.8 cm³/mol. The van der Waals surface area contributed by atoms with Crippen LogP contribution in [0.1, 0.15) is 13.8 Å². The highest BCUT2D eigenvalue weighted by molar-refractivity contribution is 4.82. The first kappa shape index (κ1) is 12.3. The van der Waals surface area contributed by atoms with E-state index in [1.54, 1.807) is 0 Å². The van der Waals surface area contributed by atoms with Gasteiger partial charge in [0, 0.05) is 44.8 Å². The summed E-state index contributed by atoms with van der Waals surface area (Å²) in [5, 5.41) is 3.53. The first-order valence-electron chi connectivity index (χ1n) is 6.57. The minimum absolute atomic E-state index is 0.536. The minimum Gasteiger partial charge on any atom is -0.378 e. The van der Waals surface area contributed by atoms with Crippen LogP contribution >= 0.6 is 0 Å². The molecule has 0 amide bonds. The lowest BCUT2D eigenvalue weighted by Crippen LogP contribution is -2.56. The summed E-state index contributed by atoms with van der Waals surface area (Å²) in [4.78, 5) is 5.13. The van der Waals surface area contributed by atoms with Gasteiger partial charge in [-0.1, -0.05) is 6.92 Å². The standard InChI is InChI=1S/C12H25N3O/c1-3-15-6-5-14(8-11(15)2)9-12-10-16-7-4-13-12/h11-13H,3-10H2,1-2H3. The van der Waals surface area contributed by atoms with Crippen molar-refractivity contribution in [3.05, 3.63) is 0 Å². The highest BCUT2D eigenvalue weighted by atomic mass is 16.5. The number of morpholine rings is 1. The van der Waals surface area contributed by atoms with E-state index < -0.39 is 0 Å². The Labute approximate surface area is 98.9 Å². The van der Waals surface area contributed by atoms with Gasteiger partial charge in [0.15, 0.2) is 0 Å². The molecular weight excluding hydrogens is 202 g/mol. The number of likely N-dealkylation sites (N-methyl/N-ethyl adjacent to an activating group) is 1. The molecule has 4 nitrogen and oxygen atoms in total. The maximum Gasteiger partial charge on any atom is 0.0632 e. The number of hydrogen-bond acceptors (Lipinski definition) is 4. The fourth-order valence-corrected chi connectivity index (χ4v) is 2.75. The number of nitrogens with zero attached hydrogens (tertiary/aromatic N) is 2. The van der Waals surface area contributed by atoms with E-state index in [0.29, 0.717) is 12.1 Å². The molecule has 94 valence electrons. The monoisotopic (exact) mass is 227 g/mol. The van der Waals surface area contributed by atoms with Gasteiger partial charge in [0.25, 0.3) is 0 Å². The summed E-state index contributed by atoms with van der Waals surface area (Å²) >= 11 is 0. The van der Waals surface area contributed by atoms with Crippen LogP contribution in [0.4, 0.5) is 0 Å². The third-order valence-corrected chi connectivity index (χ3v) is 3.73. The summed E-state index contributed by atoms with van der Waals surface area (Å²) in [6.45, 7) is 13.3. The van der Waals surface area contributed by atoms with Crippen LogP contribution in [0.15, 0.2) is 0 Å². The molecule has 2 aliphatic rings. The van der Waals surface area contributed by atoms with Crippen molar-refractivity contribution in [1.29, 1.82) is 0 Å². The Morgan fingerprint density at radius 2 is 2.25 bits per heavy atom. The van der Waals surface area contributed by atoms with Crippen molar-refractivity contribution in [2.75, 3.05) is 52.5 Å². The highest BCUT2D eigenvalue weighted by Gasteiger charge is 2.24. The van der Waals surface area contributed by atoms with Crippen LogP contribution in [0.25, 0.3) is 0 Å². The van der Waals surface area contributed by atoms with Gasteiger partial charge < -0.3 is 10.1 Å². The van der Waals surface area contributed by atoms with Gasteiger partial charge >= 0.3 is 0 Å². The van der Waals surface area contributed by atoms with Crippen LogP contribution in [0.2, 0.25) is 0 Å². The van der Waals surface area contributed by atoms with Gasteiger partial charge in [-0.3, -0.25) is 9.80 Å². The molecule has 4 heteroatoms. The zero-order chi connectivity index (χ0) is 11.4. The van der Waals surface area contributed by atoms with Gasteiger partial charge in [-0.05, 0) is 13.5 Å². The SMILES string of the molecule is CCN1CCN(CC2COCCN2)CC1C. The highest BCUT2D eigenvalue weighted by Crippen LogP contribution is 2.09. The van der Waals surface area contributed by atoms with Crippen LogP contribution < -0.4 is 5.32 Å². The summed E-state index contributed by atoms with van der Waals surface area (Å²) in [5.74, 6) is 0. The first-order valence-corrected chi connectivity index (χ1v) is 6.57. The molecule has 1 N–H and O–H groups in total. The van der Waals surface area contributed by atoms with Crippen LogP contribution in [-0.4, -0.2) is 74.4 Å². The Balaban J connectivity index is 1.74. The summed E-state index contributed by atoms with van der Waals surface area (Å²) < 4.78 is 5.49. The van der Waals surface area contributed by atoms with Gasteiger partial charge in [0.05, 0.1) is 13.2 Å². The van der Waals surface area contributed by atoms with Crippen molar-refractivity contribution in [2.45, 2.75) is 25.9 Å². The van der Waals surface area contributed by atoms with Crippen LogP contribution in [0.3, 0.4) is 0 Å². The van der Waals surface area contributed by atoms with Gasteiger partial charge in [-0.2, -0.15) is 0 Å². The van der Waals surface area contributed by atoms with Crippen molar-refractivity contribution >= 4 is 0 Å². The van der Waals surface area contributed by atoms with E-state index in [1.807, 2.05) is 0 Å². The average molecular weight is 227 g/mol. The second kappa shape index (κ2) is 5.96. The molecule has 2 rings (SSSR count). The zero-order valence-corrected chi connectivity index (χ0v) is 10.6. The summed E-state index contributed by atoms with van der Waals surface area (Å²) in [6.07, 6.45) is 0. The average Bonchev–Trinajstić information content (AvgIpc) is 2.31. The van der Waals surface area contributed by atoms with E-state index in [2.05, 4.69) is 29.0 Å². The number of piperazine rings is 1. The molecule has 16 heavy (non-hydrogen) atoms. The maximum atomic E-state index is 5.49. The molecule has 2 fully saturated rings. The molecule has 0 aromatic carbocycles. The van der Waals surface area contributed by atoms with Crippen molar-refractivity contribution in [3.8, 4) is 0 Å². The number of nitrogens with one attached hydrogen (secondary N) is 1. The predicted octanol–water partition coefficient (Wildman–Crippen LogP) is 0.000800. The quantitative estimate of drug-likeness (QED) is 0.734. The molecule has 2 unspecified atom stereocenters. The summed E-state index contributed by atoms with van der Waals surface area (Å²) in [6, 6.07) is 1.23. The molecule has 2 atom stereocenters. The van der Waals surface area contributed by atoms with E-state index in [-0.39, 0.29) is 0 Å². The molecule has 0 spiro atoms. The molecule has 0 aromatic heterocycles. The minimum atomic E-state index is 0.536. The number of hydrogen-bond donors (Lipinski definition) is 1. The largest absolute Gasteiger partial charge is 0.378 e. The van der Waals surface area contributed by atoms with E-state index >= 15 is 0 Å². The Hall–Kier alpha value is -0.160. The number of rotatable bonds is 3. The van der Waals surface area contributed by atoms with E-state index in [1.165, 1.54) is 26.2 Å². The van der Waals surface area contributed by atoms with E-state index in [9.17, 15) is 0 Å². The first-order chi connectivity index (χ1) is 7.79. The third kappa shape index (κ3) is 3.17. The molecule has 0 aliphatic carbocycles. The second-order valence-electron chi connectivity index (χ2n) is 4.96. The zero-order valence-electron chi connectivity index (χ0n) is 10.6. The molecule has 0 radical (unpaired) electrons. The molecular formula is C12H25N3O. The molecule has 2 saturated heterocycles. The van der Waals surface area contributed by atoms with Crippen molar-refractivity contribution in [1.82, 2.24) is 15.1 Å². The van der Waals surface area contributed by atoms with Crippen LogP contribution in [0, 0.1) is 0 Å². The molecule has 2 heterocycles. The lowest BCUT2D eigenvalue weighted by molar-refractivity contribution is 0.0386. The molecule has 0 aromatic rings. The maximum absolute atomic E-state index is 5.49. The Kier molecular flexibility index (Phi) is 4.58. The van der Waals surface area contributed by atoms with Gasteiger partial charge in [0.2, 0.25) is 0 Å². The second-order valence-corrected chi connectivity index (χ2v) is 4.96. The summed E-state index contributed by atoms with van der Waals surface area (Å²) in [5.41, 5.74) is 0. The van der Waals surface area contributed by atoms with Gasteiger partial charge in [0.1, 0.15) is 0 Å². The topological polar surface area (TPSA) is 27.7 Å². The lowest BCUT2D eigenvalue weighted by atomic mass is 10.1. The Morgan fingerprint density at radius 3 is 2.88 bits per heavy atom. The Bertz CT molecular complexity index is 206. The lowest BCUT2D eigenvalue weighted by Gasteiger charge is -2.41. The fraction of sp³-hybridized carbons (Fsp3) is 1.00. The summed E-state index contributed by atoms with van der Waals surface area (Å²) in [7, 11) is 0. The fourth-order valence-electron chi connectivity index (χ4n) is 2.75. The van der Waals surface area contributed by atoms with Gasteiger partial charge in [-0.25, -0.2) is 0 Å². The third-order valence-electron chi connectivity index (χ3n) is 3.73. The van der Waals surface area contributed by atoms with Crippen LogP contribution in [-0.2, 0) is 4.74 Å². The Morgan fingerprint density at radius 1 is 1.38 bits per heavy atom. The molecule has 2 aliphatic heterocycles. The smallest absolute Gasteiger partial charge is 0.0632 e. The normalized spacial score (nSPS) is 34.1. The van der Waals surface area contributed by atoms with E-state index in [4.69, 9.17) is 4.74 Å². The molecule has 0 saturated carbocycles. The van der Waals surface area contributed by atoms with Crippen molar-refractivity contribution in [2.24, 2.45) is 0 Å². The van der Waals surface area contributed by atoms with Crippen molar-refractivity contribution < 1.29 is 4.74 Å². The molecule has 0 bridgehead atoms. The van der Waals surface area contributed by atoms with Crippen molar-refractivity contribution in [3.63, 3.8) is 0 Å². The van der Waals surface area contributed by atoms with Gasteiger partial charge in [-0.15, -0.1) is 0 Å².